The summed E-state index contributed by atoms with van der Waals surface area (Å²) in [5, 5.41) is 3.10. The number of piperidine rings is 1. The summed E-state index contributed by atoms with van der Waals surface area (Å²) in [6, 6.07) is 7.57. The molecule has 0 aliphatic carbocycles. The Morgan fingerprint density at radius 2 is 1.72 bits per heavy atom. The van der Waals surface area contributed by atoms with Crippen molar-refractivity contribution in [2.75, 3.05) is 39.5 Å². The molecule has 1 aliphatic rings. The minimum absolute atomic E-state index is 0.118. The van der Waals surface area contributed by atoms with Gasteiger partial charge < -0.3 is 19.5 Å². The van der Waals surface area contributed by atoms with Crippen LogP contribution in [0.25, 0.3) is 0 Å². The van der Waals surface area contributed by atoms with Crippen molar-refractivity contribution >= 4 is 5.91 Å². The second kappa shape index (κ2) is 12.3. The highest BCUT2D eigenvalue weighted by Gasteiger charge is 2.22. The zero-order valence-electron chi connectivity index (χ0n) is 19.4. The molecule has 174 valence electrons. The van der Waals surface area contributed by atoms with Crippen molar-refractivity contribution in [3.63, 3.8) is 0 Å². The number of likely N-dealkylation sites (tertiary alicyclic amines) is 1. The summed E-state index contributed by atoms with van der Waals surface area (Å²) < 4.78 is 17.2. The summed E-state index contributed by atoms with van der Waals surface area (Å²) in [4.78, 5) is 19.5. The van der Waals surface area contributed by atoms with Crippen LogP contribution in [0.3, 0.4) is 0 Å². The Morgan fingerprint density at radius 3 is 2.28 bits per heavy atom. The quantitative estimate of drug-likeness (QED) is 0.570. The molecular formula is C25H35N3O4. The van der Waals surface area contributed by atoms with Crippen molar-refractivity contribution in [3.8, 4) is 17.2 Å². The van der Waals surface area contributed by atoms with Gasteiger partial charge in [-0.05, 0) is 76.4 Å². The van der Waals surface area contributed by atoms with E-state index in [4.69, 9.17) is 14.2 Å². The Kier molecular flexibility index (Phi) is 9.16. The van der Waals surface area contributed by atoms with Crippen LogP contribution in [0.15, 0.2) is 36.7 Å². The van der Waals surface area contributed by atoms with Crippen LogP contribution in [0.4, 0.5) is 0 Å². The first-order valence-corrected chi connectivity index (χ1v) is 11.6. The van der Waals surface area contributed by atoms with Crippen LogP contribution in [0, 0.1) is 5.92 Å². The van der Waals surface area contributed by atoms with Gasteiger partial charge in [-0.25, -0.2) is 0 Å². The highest BCUT2D eigenvalue weighted by Crippen LogP contribution is 2.39. The minimum Gasteiger partial charge on any atom is -0.490 e. The molecule has 1 aliphatic heterocycles. The number of rotatable bonds is 11. The number of carbonyl (C=O) groups excluding carboxylic acids is 1. The Balaban J connectivity index is 1.56. The minimum atomic E-state index is -0.118. The number of hydrogen-bond donors (Lipinski definition) is 1. The number of carbonyl (C=O) groups is 1. The van der Waals surface area contributed by atoms with Crippen LogP contribution < -0.4 is 19.5 Å². The van der Waals surface area contributed by atoms with E-state index in [9.17, 15) is 4.79 Å². The molecule has 3 rings (SSSR count). The SMILES string of the molecule is CCOc1cc(C(=O)NCC2CCN(Cc3cccnc3)CC2)cc(OCC)c1OCC. The summed E-state index contributed by atoms with van der Waals surface area (Å²) >= 11 is 0. The Bertz CT molecular complexity index is 825. The summed E-state index contributed by atoms with van der Waals surface area (Å²) in [6.45, 7) is 10.8. The van der Waals surface area contributed by atoms with Crippen molar-refractivity contribution < 1.29 is 19.0 Å². The van der Waals surface area contributed by atoms with E-state index in [-0.39, 0.29) is 5.91 Å². The maximum absolute atomic E-state index is 12.9. The van der Waals surface area contributed by atoms with Gasteiger partial charge in [0.05, 0.1) is 19.8 Å². The van der Waals surface area contributed by atoms with Gasteiger partial charge in [0.1, 0.15) is 0 Å². The number of amides is 1. The first-order chi connectivity index (χ1) is 15.6. The number of aromatic nitrogens is 1. The monoisotopic (exact) mass is 441 g/mol. The van der Waals surface area contributed by atoms with Crippen LogP contribution in [-0.2, 0) is 6.54 Å². The van der Waals surface area contributed by atoms with Crippen LogP contribution in [0.1, 0.15) is 49.5 Å². The average molecular weight is 442 g/mol. The third-order valence-electron chi connectivity index (χ3n) is 5.56. The maximum atomic E-state index is 12.9. The van der Waals surface area contributed by atoms with Crippen LogP contribution >= 0.6 is 0 Å². The molecule has 7 nitrogen and oxygen atoms in total. The summed E-state index contributed by atoms with van der Waals surface area (Å²) in [5.74, 6) is 1.98. The van der Waals surface area contributed by atoms with Crippen molar-refractivity contribution in [1.29, 1.82) is 0 Å². The number of nitrogens with zero attached hydrogens (tertiary/aromatic N) is 2. The summed E-state index contributed by atoms with van der Waals surface area (Å²) in [7, 11) is 0. The molecule has 0 saturated carbocycles. The Morgan fingerprint density at radius 1 is 1.06 bits per heavy atom. The molecule has 1 N–H and O–H groups in total. The molecule has 2 aromatic rings. The van der Waals surface area contributed by atoms with Gasteiger partial charge in [0, 0.05) is 31.0 Å². The predicted octanol–water partition coefficient (Wildman–Crippen LogP) is 3.92. The highest BCUT2D eigenvalue weighted by molar-refractivity contribution is 5.95. The van der Waals surface area contributed by atoms with E-state index in [1.807, 2.05) is 33.0 Å². The van der Waals surface area contributed by atoms with Gasteiger partial charge in [-0.15, -0.1) is 0 Å². The van der Waals surface area contributed by atoms with Gasteiger partial charge in [0.2, 0.25) is 5.75 Å². The van der Waals surface area contributed by atoms with Crippen LogP contribution in [0.2, 0.25) is 0 Å². The van der Waals surface area contributed by atoms with Crippen molar-refractivity contribution in [3.05, 3.63) is 47.8 Å². The fraction of sp³-hybridized carbons (Fsp3) is 0.520. The smallest absolute Gasteiger partial charge is 0.251 e. The lowest BCUT2D eigenvalue weighted by Gasteiger charge is -2.32. The summed E-state index contributed by atoms with van der Waals surface area (Å²) in [5.41, 5.74) is 1.76. The lowest BCUT2D eigenvalue weighted by atomic mass is 9.96. The van der Waals surface area contributed by atoms with Gasteiger partial charge in [-0.2, -0.15) is 0 Å². The lowest BCUT2D eigenvalue weighted by molar-refractivity contribution is 0.0934. The van der Waals surface area contributed by atoms with Gasteiger partial charge in [-0.3, -0.25) is 14.7 Å². The normalized spacial score (nSPS) is 14.7. The largest absolute Gasteiger partial charge is 0.490 e. The van der Waals surface area contributed by atoms with Gasteiger partial charge in [0.15, 0.2) is 11.5 Å². The third kappa shape index (κ3) is 6.60. The number of ether oxygens (including phenoxy) is 3. The Hall–Kier alpha value is -2.80. The van der Waals surface area contributed by atoms with E-state index >= 15 is 0 Å². The molecule has 7 heteroatoms. The van der Waals surface area contributed by atoms with E-state index in [0.717, 1.165) is 32.5 Å². The van der Waals surface area contributed by atoms with E-state index in [0.29, 0.717) is 55.1 Å². The van der Waals surface area contributed by atoms with Crippen molar-refractivity contribution in [2.24, 2.45) is 5.92 Å². The fourth-order valence-corrected chi connectivity index (χ4v) is 3.96. The van der Waals surface area contributed by atoms with E-state index in [1.165, 1.54) is 5.56 Å². The third-order valence-corrected chi connectivity index (χ3v) is 5.56. The second-order valence-corrected chi connectivity index (χ2v) is 7.89. The standard InChI is InChI=1S/C25H35N3O4/c1-4-30-22-14-21(15-23(31-5-2)24(22)32-6-3)25(29)27-17-19-9-12-28(13-10-19)18-20-8-7-11-26-16-20/h7-8,11,14-16,19H,4-6,9-10,12-13,17-18H2,1-3H3,(H,27,29). The molecule has 32 heavy (non-hydrogen) atoms. The topological polar surface area (TPSA) is 72.9 Å². The first-order valence-electron chi connectivity index (χ1n) is 11.6. The average Bonchev–Trinajstić information content (AvgIpc) is 2.81. The zero-order valence-corrected chi connectivity index (χ0v) is 19.4. The molecule has 1 aromatic heterocycles. The molecule has 2 heterocycles. The fourth-order valence-electron chi connectivity index (χ4n) is 3.96. The number of benzene rings is 1. The molecule has 0 radical (unpaired) electrons. The van der Waals surface area contributed by atoms with Gasteiger partial charge >= 0.3 is 0 Å². The molecule has 0 unspecified atom stereocenters. The highest BCUT2D eigenvalue weighted by atomic mass is 16.5. The lowest BCUT2D eigenvalue weighted by Crippen LogP contribution is -2.38. The van der Waals surface area contributed by atoms with E-state index < -0.39 is 0 Å². The van der Waals surface area contributed by atoms with E-state index in [1.54, 1.807) is 18.3 Å². The van der Waals surface area contributed by atoms with E-state index in [2.05, 4.69) is 21.3 Å². The summed E-state index contributed by atoms with van der Waals surface area (Å²) in [6.07, 6.45) is 5.87. The van der Waals surface area contributed by atoms with Gasteiger partial charge in [-0.1, -0.05) is 6.07 Å². The van der Waals surface area contributed by atoms with Crippen molar-refractivity contribution in [2.45, 2.75) is 40.2 Å². The van der Waals surface area contributed by atoms with Crippen LogP contribution in [-0.4, -0.2) is 55.2 Å². The molecule has 1 amide bonds. The molecular weight excluding hydrogens is 406 g/mol. The molecule has 1 aromatic carbocycles. The zero-order chi connectivity index (χ0) is 22.8. The predicted molar refractivity (Wildman–Crippen MR) is 125 cm³/mol. The molecule has 0 spiro atoms. The number of nitrogens with one attached hydrogen (secondary N) is 1. The van der Waals surface area contributed by atoms with Crippen LogP contribution in [0.5, 0.6) is 17.2 Å². The maximum Gasteiger partial charge on any atom is 0.251 e. The molecule has 1 fully saturated rings. The van der Waals surface area contributed by atoms with Crippen molar-refractivity contribution in [1.82, 2.24) is 15.2 Å². The molecule has 0 bridgehead atoms. The number of pyridine rings is 1. The molecule has 1 saturated heterocycles. The van der Waals surface area contributed by atoms with Gasteiger partial charge in [0.25, 0.3) is 5.91 Å². The second-order valence-electron chi connectivity index (χ2n) is 7.89. The molecule has 0 atom stereocenters. The number of hydrogen-bond acceptors (Lipinski definition) is 6. The Labute approximate surface area is 191 Å². The first kappa shape index (κ1) is 23.9.